The third kappa shape index (κ3) is 4.18. The van der Waals surface area contributed by atoms with E-state index < -0.39 is 0 Å². The predicted molar refractivity (Wildman–Crippen MR) is 115 cm³/mol. The van der Waals surface area contributed by atoms with E-state index in [0.29, 0.717) is 31.0 Å². The van der Waals surface area contributed by atoms with Crippen molar-refractivity contribution in [2.75, 3.05) is 13.2 Å². The molecule has 2 heterocycles. The molecule has 0 aliphatic heterocycles. The molecule has 0 aliphatic rings. The summed E-state index contributed by atoms with van der Waals surface area (Å²) in [5, 5.41) is 7.49. The van der Waals surface area contributed by atoms with Gasteiger partial charge < -0.3 is 10.1 Å². The number of nitrogens with zero attached hydrogens (tertiary/aromatic N) is 3. The number of aromatic nitrogens is 3. The number of benzene rings is 2. The van der Waals surface area contributed by atoms with Gasteiger partial charge in [0.05, 0.1) is 12.3 Å². The monoisotopic (exact) mass is 424 g/mol. The highest BCUT2D eigenvalue weighted by Gasteiger charge is 2.15. The van der Waals surface area contributed by atoms with Crippen molar-refractivity contribution in [3.8, 4) is 17.1 Å². The van der Waals surface area contributed by atoms with E-state index in [1.165, 1.54) is 12.1 Å². The van der Waals surface area contributed by atoms with E-state index in [4.69, 9.17) is 4.74 Å². The van der Waals surface area contributed by atoms with Crippen molar-refractivity contribution < 1.29 is 13.9 Å². The number of halogens is 1. The molecule has 8 heteroatoms. The minimum absolute atomic E-state index is 0.117. The quantitative estimate of drug-likeness (QED) is 0.481. The van der Waals surface area contributed by atoms with Crippen LogP contribution >= 0.6 is 11.3 Å². The van der Waals surface area contributed by atoms with Crippen molar-refractivity contribution in [1.29, 1.82) is 0 Å². The second-order valence-corrected chi connectivity index (χ2v) is 7.77. The first-order chi connectivity index (χ1) is 14.5. The SMILES string of the molecule is CCOc1ccc(C(=O)NCCc2sc3nc(-c4ccc(F)cc4)nn3c2C)cc1. The van der Waals surface area contributed by atoms with Gasteiger partial charge in [-0.25, -0.2) is 8.91 Å². The maximum Gasteiger partial charge on any atom is 0.251 e. The molecule has 4 aromatic rings. The summed E-state index contributed by atoms with van der Waals surface area (Å²) in [5.74, 6) is 0.915. The number of fused-ring (bicyclic) bond motifs is 1. The first-order valence-electron chi connectivity index (χ1n) is 9.67. The van der Waals surface area contributed by atoms with Crippen molar-refractivity contribution in [1.82, 2.24) is 19.9 Å². The van der Waals surface area contributed by atoms with Crippen molar-refractivity contribution in [2.45, 2.75) is 20.3 Å². The normalized spacial score (nSPS) is 11.0. The fourth-order valence-corrected chi connectivity index (χ4v) is 4.15. The van der Waals surface area contributed by atoms with E-state index in [1.54, 1.807) is 52.3 Å². The highest BCUT2D eigenvalue weighted by atomic mass is 32.1. The number of hydrogen-bond acceptors (Lipinski definition) is 5. The zero-order valence-corrected chi connectivity index (χ0v) is 17.5. The summed E-state index contributed by atoms with van der Waals surface area (Å²) < 4.78 is 20.3. The fourth-order valence-electron chi connectivity index (χ4n) is 3.10. The van der Waals surface area contributed by atoms with Crippen LogP contribution in [-0.4, -0.2) is 33.7 Å². The number of rotatable bonds is 7. The molecule has 0 bridgehead atoms. The zero-order valence-electron chi connectivity index (χ0n) is 16.7. The van der Waals surface area contributed by atoms with E-state index in [-0.39, 0.29) is 11.7 Å². The summed E-state index contributed by atoms with van der Waals surface area (Å²) >= 11 is 1.54. The standard InChI is InChI=1S/C22H21FN4O2S/c1-3-29-18-10-6-16(7-11-18)21(28)24-13-12-19-14(2)27-22(30-19)25-20(26-27)15-4-8-17(23)9-5-15/h4-11H,3,12-13H2,1-2H3,(H,24,28). The molecule has 0 saturated heterocycles. The molecule has 0 radical (unpaired) electrons. The lowest BCUT2D eigenvalue weighted by molar-refractivity contribution is 0.0954. The van der Waals surface area contributed by atoms with Gasteiger partial charge in [-0.2, -0.15) is 4.98 Å². The smallest absolute Gasteiger partial charge is 0.251 e. The van der Waals surface area contributed by atoms with Gasteiger partial charge in [0.1, 0.15) is 11.6 Å². The van der Waals surface area contributed by atoms with Crippen LogP contribution in [0, 0.1) is 12.7 Å². The minimum atomic E-state index is -0.287. The number of carbonyl (C=O) groups excluding carboxylic acids is 1. The van der Waals surface area contributed by atoms with Crippen LogP contribution < -0.4 is 10.1 Å². The first-order valence-corrected chi connectivity index (χ1v) is 10.5. The lowest BCUT2D eigenvalue weighted by Crippen LogP contribution is -2.25. The summed E-state index contributed by atoms with van der Waals surface area (Å²) in [6.45, 7) is 5.01. The van der Waals surface area contributed by atoms with Gasteiger partial charge in [0.25, 0.3) is 5.91 Å². The van der Waals surface area contributed by atoms with E-state index >= 15 is 0 Å². The number of amides is 1. The highest BCUT2D eigenvalue weighted by molar-refractivity contribution is 7.17. The second-order valence-electron chi connectivity index (χ2n) is 6.71. The molecule has 0 spiro atoms. The molecule has 0 fully saturated rings. The number of aryl methyl sites for hydroxylation is 1. The van der Waals surface area contributed by atoms with Crippen molar-refractivity contribution in [2.24, 2.45) is 0 Å². The molecule has 0 saturated carbocycles. The molecule has 1 N–H and O–H groups in total. The Labute approximate surface area is 177 Å². The molecule has 0 aliphatic carbocycles. The van der Waals surface area contributed by atoms with Crippen LogP contribution in [0.5, 0.6) is 5.75 Å². The van der Waals surface area contributed by atoms with Gasteiger partial charge in [0.2, 0.25) is 4.96 Å². The summed E-state index contributed by atoms with van der Waals surface area (Å²) in [6.07, 6.45) is 0.691. The third-order valence-electron chi connectivity index (χ3n) is 4.68. The Kier molecular flexibility index (Phi) is 5.76. The lowest BCUT2D eigenvalue weighted by Gasteiger charge is -2.06. The first kappa shape index (κ1) is 20.0. The van der Waals surface area contributed by atoms with E-state index in [2.05, 4.69) is 15.4 Å². The number of carbonyl (C=O) groups is 1. The summed E-state index contributed by atoms with van der Waals surface area (Å²) in [4.78, 5) is 18.8. The van der Waals surface area contributed by atoms with Crippen LogP contribution in [0.2, 0.25) is 0 Å². The van der Waals surface area contributed by atoms with Gasteiger partial charge in [-0.3, -0.25) is 4.79 Å². The van der Waals surface area contributed by atoms with Crippen molar-refractivity contribution in [3.05, 3.63) is 70.5 Å². The van der Waals surface area contributed by atoms with Crippen LogP contribution in [0.4, 0.5) is 4.39 Å². The molecule has 30 heavy (non-hydrogen) atoms. The summed E-state index contributed by atoms with van der Waals surface area (Å²) in [7, 11) is 0. The van der Waals surface area contributed by atoms with Gasteiger partial charge >= 0.3 is 0 Å². The van der Waals surface area contributed by atoms with Crippen LogP contribution in [0.1, 0.15) is 27.9 Å². The average molecular weight is 425 g/mol. The fraction of sp³-hybridized carbons (Fsp3) is 0.227. The molecule has 1 amide bonds. The predicted octanol–water partition coefficient (Wildman–Crippen LogP) is 4.28. The van der Waals surface area contributed by atoms with Gasteiger partial charge in [0, 0.05) is 29.0 Å². The molecule has 0 unspecified atom stereocenters. The Morgan fingerprint density at radius 3 is 2.57 bits per heavy atom. The van der Waals surface area contributed by atoms with Gasteiger partial charge in [-0.15, -0.1) is 5.10 Å². The highest BCUT2D eigenvalue weighted by Crippen LogP contribution is 2.25. The van der Waals surface area contributed by atoms with Gasteiger partial charge in [-0.1, -0.05) is 11.3 Å². The topological polar surface area (TPSA) is 68.5 Å². The molecule has 4 rings (SSSR count). The van der Waals surface area contributed by atoms with E-state index in [0.717, 1.165) is 26.8 Å². The number of hydrogen-bond donors (Lipinski definition) is 1. The summed E-state index contributed by atoms with van der Waals surface area (Å²) in [6, 6.07) is 13.2. The van der Waals surface area contributed by atoms with Gasteiger partial charge in [-0.05, 0) is 62.4 Å². The summed E-state index contributed by atoms with van der Waals surface area (Å²) in [5.41, 5.74) is 2.36. The molecular weight excluding hydrogens is 403 g/mol. The lowest BCUT2D eigenvalue weighted by atomic mass is 10.2. The molecule has 2 aromatic heterocycles. The number of ether oxygens (including phenoxy) is 1. The zero-order chi connectivity index (χ0) is 21.1. The number of thiazole rings is 1. The van der Waals surface area contributed by atoms with Crippen LogP contribution in [-0.2, 0) is 6.42 Å². The maximum absolute atomic E-state index is 13.1. The Morgan fingerprint density at radius 1 is 1.17 bits per heavy atom. The third-order valence-corrected chi connectivity index (χ3v) is 5.87. The molecule has 0 atom stereocenters. The van der Waals surface area contributed by atoms with E-state index in [9.17, 15) is 9.18 Å². The van der Waals surface area contributed by atoms with Crippen LogP contribution in [0.25, 0.3) is 16.3 Å². The Balaban J connectivity index is 1.39. The van der Waals surface area contributed by atoms with Gasteiger partial charge in [0.15, 0.2) is 5.82 Å². The molecule has 2 aromatic carbocycles. The van der Waals surface area contributed by atoms with Crippen LogP contribution in [0.3, 0.4) is 0 Å². The average Bonchev–Trinajstić information content (AvgIpc) is 3.29. The molecule has 6 nitrogen and oxygen atoms in total. The molecule has 154 valence electrons. The Hall–Kier alpha value is -3.26. The Bertz CT molecular complexity index is 1170. The van der Waals surface area contributed by atoms with Crippen LogP contribution in [0.15, 0.2) is 48.5 Å². The Morgan fingerprint density at radius 2 is 1.90 bits per heavy atom. The van der Waals surface area contributed by atoms with E-state index in [1.807, 2.05) is 13.8 Å². The molecular formula is C22H21FN4O2S. The number of nitrogens with one attached hydrogen (secondary N) is 1. The second kappa shape index (κ2) is 8.62. The largest absolute Gasteiger partial charge is 0.494 e. The van der Waals surface area contributed by atoms with Crippen molar-refractivity contribution >= 4 is 22.2 Å². The minimum Gasteiger partial charge on any atom is -0.494 e. The van der Waals surface area contributed by atoms with Crippen molar-refractivity contribution in [3.63, 3.8) is 0 Å². The maximum atomic E-state index is 13.1.